The fourth-order valence-electron chi connectivity index (χ4n) is 5.59. The number of nitrogens with one attached hydrogen (secondary N) is 2. The highest BCUT2D eigenvalue weighted by atomic mass is 35.7. The fraction of sp³-hybridized carbons (Fsp3) is 0. The van der Waals surface area contributed by atoms with Gasteiger partial charge in [0.2, 0.25) is 0 Å². The summed E-state index contributed by atoms with van der Waals surface area (Å²) in [7, 11) is -0.546. The van der Waals surface area contributed by atoms with E-state index in [-0.39, 0.29) is 17.4 Å². The van der Waals surface area contributed by atoms with Gasteiger partial charge in [-0.3, -0.25) is 18.2 Å². The van der Waals surface area contributed by atoms with Crippen molar-refractivity contribution in [3.63, 3.8) is 0 Å². The van der Waals surface area contributed by atoms with Crippen molar-refractivity contribution in [1.29, 1.82) is 0 Å². The summed E-state index contributed by atoms with van der Waals surface area (Å²) >= 11 is 0. The number of aromatic amines is 2. The zero-order chi connectivity index (χ0) is 44.2. The number of rotatable bonds is 0. The van der Waals surface area contributed by atoms with Crippen molar-refractivity contribution in [2.24, 2.45) is 0 Å². The molecule has 4 aromatic carbocycles. The minimum absolute atomic E-state index is 0. The Morgan fingerprint density at radius 3 is 0.689 bits per heavy atom. The monoisotopic (exact) mass is 1000 g/mol. The lowest BCUT2D eigenvalue weighted by Gasteiger charge is -1.96. The largest absolute Gasteiger partial charge is 0.353 e. The number of hydrogen-bond donors (Lipinski definition) is 6. The maximum absolute atomic E-state index is 8.95. The predicted octanol–water partition coefficient (Wildman–Crippen LogP) is 6.60. The molecule has 3 radical (unpaired) electrons. The van der Waals surface area contributed by atoms with E-state index < -0.39 is 37.3 Å². The van der Waals surface area contributed by atoms with Crippen molar-refractivity contribution in [1.82, 2.24) is 39.9 Å². The fourth-order valence-corrected chi connectivity index (χ4v) is 5.59. The molecule has 7 aromatic rings. The van der Waals surface area contributed by atoms with Gasteiger partial charge in [0, 0.05) is 104 Å². The molecule has 6 N–H and O–H groups in total. The Balaban J connectivity index is 0.000000329. The maximum Gasteiger partial charge on any atom is 0.353 e. The van der Waals surface area contributed by atoms with Crippen LogP contribution in [0.2, 0.25) is 0 Å². The topological polar surface area (TPSA) is 326 Å². The van der Waals surface area contributed by atoms with Crippen LogP contribution < -0.4 is 0 Å². The maximum atomic E-state index is 8.95. The van der Waals surface area contributed by atoms with E-state index in [9.17, 15) is 0 Å². The van der Waals surface area contributed by atoms with Crippen molar-refractivity contribution in [3.05, 3.63) is 97.1 Å². The number of halogens is 4. The smallest absolute Gasteiger partial charge is 0.324 e. The molecule has 0 fully saturated rings. The SMILES string of the molecule is O=S(=O)(O)Cl.O=S(=O)(O)Cl.O=S(=O)(O)Cl.O=S(=O)(O)Cl.[Al].c1ccc2c(c1)-c1nc-2nc2[nH]c(nc3nc(nc4[nH]c(n1)c1ccccc41)-c1ccccc1-3)c1ccccc21. The molecule has 9 rings (SSSR count). The van der Waals surface area contributed by atoms with Crippen molar-refractivity contribution in [2.75, 3.05) is 0 Å². The van der Waals surface area contributed by atoms with Crippen molar-refractivity contribution in [2.45, 2.75) is 0 Å². The third-order valence-corrected chi connectivity index (χ3v) is 7.46. The average molecular weight is 1010 g/mol. The summed E-state index contributed by atoms with van der Waals surface area (Å²) in [5.41, 5.74) is 6.45. The second-order valence-electron chi connectivity index (χ2n) is 11.4. The second-order valence-corrected chi connectivity index (χ2v) is 19.4. The number of aromatic nitrogens is 8. The van der Waals surface area contributed by atoms with E-state index in [0.29, 0.717) is 45.9 Å². The average Bonchev–Trinajstić information content (AvgIpc) is 3.85. The molecule has 0 spiro atoms. The summed E-state index contributed by atoms with van der Waals surface area (Å²) in [6, 6.07) is 32.2. The van der Waals surface area contributed by atoms with E-state index in [0.717, 1.165) is 43.8 Å². The summed E-state index contributed by atoms with van der Waals surface area (Å²) < 4.78 is 101. The lowest BCUT2D eigenvalue weighted by molar-refractivity contribution is 0.499. The molecule has 0 aliphatic carbocycles. The van der Waals surface area contributed by atoms with Crippen molar-refractivity contribution in [3.8, 4) is 45.6 Å². The van der Waals surface area contributed by atoms with Gasteiger partial charge < -0.3 is 9.97 Å². The minimum Gasteiger partial charge on any atom is -0.324 e. The molecule has 0 unspecified atom stereocenters. The van der Waals surface area contributed by atoms with Crippen molar-refractivity contribution >= 4 is 142 Å². The first-order chi connectivity index (χ1) is 27.8. The molecule has 317 valence electrons. The Bertz CT molecular complexity index is 2950. The standard InChI is InChI=1S/C32H18N8.Al.4ClHO3S/c1-2-10-18-17(9-1)25-33-26(18)38-28-21-13-5-6-14-22(21)30(35-28)40-32-24-16-8-7-15-23(24)31(36-32)39-29-20-12-4-3-11-19(20)27(34-29)37-25;;4*1-5(2,3)4/h1-16H,(H2,33,34,35,36,37,38,39,40);;4*(H,2,3,4). The zero-order valence-corrected chi connectivity index (χ0v) is 37.1. The van der Waals surface area contributed by atoms with Crippen LogP contribution in [0.1, 0.15) is 0 Å². The number of benzene rings is 4. The summed E-state index contributed by atoms with van der Waals surface area (Å²) in [5, 5.41) is 3.82. The highest BCUT2D eigenvalue weighted by Crippen LogP contribution is 2.36. The van der Waals surface area contributed by atoms with Gasteiger partial charge in [-0.1, -0.05) is 97.1 Å². The van der Waals surface area contributed by atoms with E-state index in [1.165, 1.54) is 0 Å². The van der Waals surface area contributed by atoms with E-state index in [1.807, 2.05) is 97.1 Å². The van der Waals surface area contributed by atoms with Crippen LogP contribution in [0.25, 0.3) is 89.7 Å². The number of H-pyrrole nitrogens is 2. The molecular weight excluding hydrogens is 985 g/mol. The first-order valence-electron chi connectivity index (χ1n) is 15.7. The number of fused-ring (bicyclic) bond motifs is 20. The van der Waals surface area contributed by atoms with E-state index >= 15 is 0 Å². The molecule has 2 aliphatic heterocycles. The van der Waals surface area contributed by atoms with Gasteiger partial charge in [-0.05, 0) is 0 Å². The summed E-state index contributed by atoms with van der Waals surface area (Å²) in [6.07, 6.45) is 0. The van der Waals surface area contributed by atoms with Crippen LogP contribution in [0.3, 0.4) is 0 Å². The van der Waals surface area contributed by atoms with Gasteiger partial charge in [0.15, 0.2) is 23.3 Å². The highest BCUT2D eigenvalue weighted by Gasteiger charge is 2.21. The van der Waals surface area contributed by atoms with Gasteiger partial charge >= 0.3 is 37.3 Å². The minimum atomic E-state index is -4.19. The van der Waals surface area contributed by atoms with Gasteiger partial charge in [-0.25, -0.2) is 29.9 Å². The van der Waals surface area contributed by atoms with E-state index in [1.54, 1.807) is 0 Å². The quantitative estimate of drug-likeness (QED) is 0.0529. The highest BCUT2D eigenvalue weighted by molar-refractivity contribution is 8.10. The molecular formula is C32H22AlCl4N8O12S4. The van der Waals surface area contributed by atoms with Gasteiger partial charge in [0.1, 0.15) is 22.6 Å². The van der Waals surface area contributed by atoms with Crippen LogP contribution in [0.15, 0.2) is 97.1 Å². The third-order valence-electron chi connectivity index (χ3n) is 7.46. The molecule has 0 saturated heterocycles. The Morgan fingerprint density at radius 2 is 0.508 bits per heavy atom. The molecule has 3 aromatic heterocycles. The number of hydrogen-bond acceptors (Lipinski definition) is 14. The van der Waals surface area contributed by atoms with Crippen LogP contribution in [0.5, 0.6) is 0 Å². The van der Waals surface area contributed by atoms with E-state index in [4.69, 9.17) is 81.8 Å². The lowest BCUT2D eigenvalue weighted by Crippen LogP contribution is -1.82. The van der Waals surface area contributed by atoms with Gasteiger partial charge in [0.25, 0.3) is 0 Å². The first-order valence-corrected chi connectivity index (χ1v) is 24.7. The third kappa shape index (κ3) is 14.9. The van der Waals surface area contributed by atoms with Gasteiger partial charge in [-0.15, -0.1) is 0 Å². The predicted molar refractivity (Wildman–Crippen MR) is 231 cm³/mol. The Labute approximate surface area is 373 Å². The van der Waals surface area contributed by atoms with Crippen LogP contribution >= 0.6 is 42.7 Å². The van der Waals surface area contributed by atoms with Crippen LogP contribution in [-0.2, 0) is 37.3 Å². The van der Waals surface area contributed by atoms with Crippen LogP contribution in [0.4, 0.5) is 0 Å². The molecule has 0 atom stereocenters. The van der Waals surface area contributed by atoms with Crippen LogP contribution in [0, 0.1) is 0 Å². The Hall–Kier alpha value is -4.43. The normalized spacial score (nSPS) is 11.7. The van der Waals surface area contributed by atoms with E-state index in [2.05, 4.69) is 52.7 Å². The molecule has 20 nitrogen and oxygen atoms in total. The zero-order valence-electron chi connectivity index (χ0n) is 29.7. The molecule has 8 bridgehead atoms. The molecule has 0 amide bonds. The first kappa shape index (κ1) is 49.2. The lowest BCUT2D eigenvalue weighted by atomic mass is 10.1. The second kappa shape index (κ2) is 19.7. The molecule has 2 aliphatic rings. The summed E-state index contributed by atoms with van der Waals surface area (Å²) in [5.74, 6) is 2.39. The number of nitrogens with zero attached hydrogens (tertiary/aromatic N) is 6. The Kier molecular flexibility index (Phi) is 15.9. The summed E-state index contributed by atoms with van der Waals surface area (Å²) in [6.45, 7) is 0. The molecule has 61 heavy (non-hydrogen) atoms. The van der Waals surface area contributed by atoms with Crippen LogP contribution in [-0.4, -0.2) is 109 Å². The van der Waals surface area contributed by atoms with Gasteiger partial charge in [0.05, 0.1) is 0 Å². The Morgan fingerprint density at radius 1 is 0.344 bits per heavy atom. The van der Waals surface area contributed by atoms with Crippen molar-refractivity contribution < 1.29 is 51.9 Å². The summed E-state index contributed by atoms with van der Waals surface area (Å²) in [4.78, 5) is 36.8. The molecule has 5 heterocycles. The molecule has 29 heteroatoms. The van der Waals surface area contributed by atoms with Gasteiger partial charge in [-0.2, -0.15) is 33.7 Å². The molecule has 0 saturated carbocycles.